The maximum Gasteiger partial charge on any atom is 0.264 e. The number of hydrogen-bond acceptors (Lipinski definition) is 5. The molecule has 0 radical (unpaired) electrons. The van der Waals surface area contributed by atoms with E-state index in [0.717, 1.165) is 9.87 Å². The molecule has 3 rings (SSSR count). The first-order valence-corrected chi connectivity index (χ1v) is 11.5. The van der Waals surface area contributed by atoms with E-state index in [-0.39, 0.29) is 22.9 Å². The third kappa shape index (κ3) is 5.50. The summed E-state index contributed by atoms with van der Waals surface area (Å²) < 4.78 is 32.4. The van der Waals surface area contributed by atoms with Gasteiger partial charge in [0.15, 0.2) is 0 Å². The predicted molar refractivity (Wildman–Crippen MR) is 126 cm³/mol. The molecule has 0 atom stereocenters. The van der Waals surface area contributed by atoms with E-state index in [4.69, 9.17) is 4.74 Å². The monoisotopic (exact) mass is 467 g/mol. The summed E-state index contributed by atoms with van der Waals surface area (Å²) in [5.41, 5.74) is 1.90. The van der Waals surface area contributed by atoms with Crippen LogP contribution in [0.5, 0.6) is 5.75 Å². The van der Waals surface area contributed by atoms with Gasteiger partial charge in [-0.25, -0.2) is 8.42 Å². The van der Waals surface area contributed by atoms with E-state index >= 15 is 0 Å². The van der Waals surface area contributed by atoms with Gasteiger partial charge in [-0.1, -0.05) is 18.2 Å². The highest BCUT2D eigenvalue weighted by Crippen LogP contribution is 2.24. The first-order valence-electron chi connectivity index (χ1n) is 10.1. The second-order valence-corrected chi connectivity index (χ2v) is 9.13. The maximum absolute atomic E-state index is 13.1. The lowest BCUT2D eigenvalue weighted by atomic mass is 10.1. The molecule has 0 fully saturated rings. The van der Waals surface area contributed by atoms with Crippen molar-refractivity contribution in [2.75, 3.05) is 25.5 Å². The molecular weight excluding hydrogens is 442 g/mol. The molecule has 0 saturated heterocycles. The molecule has 0 spiro atoms. The van der Waals surface area contributed by atoms with Gasteiger partial charge in [-0.05, 0) is 60.2 Å². The van der Waals surface area contributed by atoms with E-state index in [1.807, 2.05) is 0 Å². The molecule has 9 heteroatoms. The molecule has 0 unspecified atom stereocenters. The Hall–Kier alpha value is -3.85. The molecule has 3 aromatic carbocycles. The number of benzene rings is 3. The van der Waals surface area contributed by atoms with Gasteiger partial charge < -0.3 is 15.4 Å². The summed E-state index contributed by atoms with van der Waals surface area (Å²) in [6, 6.07) is 19.4. The van der Waals surface area contributed by atoms with Crippen molar-refractivity contribution in [2.45, 2.75) is 11.4 Å². The highest BCUT2D eigenvalue weighted by molar-refractivity contribution is 7.92. The number of hydrogen-bond donors (Lipinski definition) is 2. The lowest BCUT2D eigenvalue weighted by molar-refractivity contribution is 0.0948. The summed E-state index contributed by atoms with van der Waals surface area (Å²) in [7, 11) is 0.641. The van der Waals surface area contributed by atoms with Gasteiger partial charge in [-0.3, -0.25) is 13.9 Å². The lowest BCUT2D eigenvalue weighted by Crippen LogP contribution is -2.27. The molecule has 8 nitrogen and oxygen atoms in total. The third-order valence-corrected chi connectivity index (χ3v) is 6.84. The average Bonchev–Trinajstić information content (AvgIpc) is 2.86. The fourth-order valence-corrected chi connectivity index (χ4v) is 4.38. The van der Waals surface area contributed by atoms with Crippen molar-refractivity contribution >= 4 is 27.5 Å². The number of carbonyl (C=O) groups is 2. The zero-order valence-corrected chi connectivity index (χ0v) is 19.3. The van der Waals surface area contributed by atoms with Gasteiger partial charge in [-0.15, -0.1) is 0 Å². The first kappa shape index (κ1) is 23.8. The third-order valence-electron chi connectivity index (χ3n) is 5.06. The normalized spacial score (nSPS) is 10.9. The fraction of sp³-hybridized carbons (Fsp3) is 0.167. The van der Waals surface area contributed by atoms with Crippen molar-refractivity contribution in [3.8, 4) is 5.75 Å². The van der Waals surface area contributed by atoms with Crippen LogP contribution >= 0.6 is 0 Å². The molecule has 2 N–H and O–H groups in total. The quantitative estimate of drug-likeness (QED) is 0.530. The number of sulfonamides is 1. The molecule has 0 saturated carbocycles. The topological polar surface area (TPSA) is 105 Å². The summed E-state index contributed by atoms with van der Waals surface area (Å²) in [4.78, 5) is 24.4. The van der Waals surface area contributed by atoms with Crippen molar-refractivity contribution in [2.24, 2.45) is 0 Å². The summed E-state index contributed by atoms with van der Waals surface area (Å²) in [5.74, 6) is -0.0318. The summed E-state index contributed by atoms with van der Waals surface area (Å²) >= 11 is 0. The van der Waals surface area contributed by atoms with E-state index in [2.05, 4.69) is 10.6 Å². The Morgan fingerprint density at radius 1 is 0.909 bits per heavy atom. The zero-order valence-electron chi connectivity index (χ0n) is 18.5. The van der Waals surface area contributed by atoms with Crippen LogP contribution in [-0.4, -0.2) is 41.4 Å². The van der Waals surface area contributed by atoms with Gasteiger partial charge in [0, 0.05) is 31.8 Å². The Kier molecular flexibility index (Phi) is 7.34. The van der Waals surface area contributed by atoms with Gasteiger partial charge in [0.2, 0.25) is 0 Å². The zero-order chi connectivity index (χ0) is 24.0. The summed E-state index contributed by atoms with van der Waals surface area (Å²) in [6.45, 7) is 0.187. The molecule has 3 aromatic rings. The number of methoxy groups -OCH3 is 1. The van der Waals surface area contributed by atoms with Crippen LogP contribution in [0.1, 0.15) is 26.3 Å². The van der Waals surface area contributed by atoms with Crippen LogP contribution in [0.3, 0.4) is 0 Å². The Labute approximate surface area is 193 Å². The highest BCUT2D eigenvalue weighted by Gasteiger charge is 2.22. The van der Waals surface area contributed by atoms with Crippen molar-refractivity contribution in [1.29, 1.82) is 0 Å². The number of carbonyl (C=O) groups excluding carboxylic acids is 2. The molecule has 172 valence electrons. The second-order valence-electron chi connectivity index (χ2n) is 7.16. The highest BCUT2D eigenvalue weighted by atomic mass is 32.2. The van der Waals surface area contributed by atoms with Gasteiger partial charge >= 0.3 is 0 Å². The predicted octanol–water partition coefficient (Wildman–Crippen LogP) is 2.81. The Morgan fingerprint density at radius 2 is 1.55 bits per heavy atom. The Balaban J connectivity index is 1.75. The molecule has 33 heavy (non-hydrogen) atoms. The summed E-state index contributed by atoms with van der Waals surface area (Å²) in [6.07, 6.45) is 0. The standard InChI is InChI=1S/C24H25N3O5S/c1-25-23(28)18-7-4-6-17(14-18)16-26-24(29)19-8-5-9-22(15-19)33(30,31)27(2)20-10-12-21(32-3)13-11-20/h4-15H,16H2,1-3H3,(H,25,28)(H,26,29). The molecule has 0 aliphatic carbocycles. The molecule has 0 aliphatic heterocycles. The Bertz CT molecular complexity index is 1260. The van der Waals surface area contributed by atoms with Crippen LogP contribution in [0.2, 0.25) is 0 Å². The summed E-state index contributed by atoms with van der Waals surface area (Å²) in [5, 5.41) is 5.31. The largest absolute Gasteiger partial charge is 0.497 e. The number of nitrogens with zero attached hydrogens (tertiary/aromatic N) is 1. The molecule has 0 aliphatic rings. The van der Waals surface area contributed by atoms with Crippen LogP contribution in [0.4, 0.5) is 5.69 Å². The second kappa shape index (κ2) is 10.2. The smallest absolute Gasteiger partial charge is 0.264 e. The van der Waals surface area contributed by atoms with Crippen molar-refractivity contribution < 1.29 is 22.7 Å². The number of rotatable bonds is 8. The van der Waals surface area contributed by atoms with E-state index in [1.54, 1.807) is 61.6 Å². The van der Waals surface area contributed by atoms with Crippen molar-refractivity contribution in [1.82, 2.24) is 10.6 Å². The minimum atomic E-state index is -3.88. The number of anilines is 1. The lowest BCUT2D eigenvalue weighted by Gasteiger charge is -2.20. The maximum atomic E-state index is 13.1. The molecule has 2 amide bonds. The van der Waals surface area contributed by atoms with E-state index in [9.17, 15) is 18.0 Å². The minimum Gasteiger partial charge on any atom is -0.497 e. The molecule has 0 aromatic heterocycles. The SMILES string of the molecule is CNC(=O)c1cccc(CNC(=O)c2cccc(S(=O)(=O)N(C)c3ccc(OC)cc3)c2)c1. The molecule has 0 heterocycles. The van der Waals surface area contributed by atoms with Gasteiger partial charge in [0.05, 0.1) is 17.7 Å². The van der Waals surface area contributed by atoms with Crippen LogP contribution < -0.4 is 19.7 Å². The van der Waals surface area contributed by atoms with Crippen LogP contribution in [0, 0.1) is 0 Å². The average molecular weight is 468 g/mol. The fourth-order valence-electron chi connectivity index (χ4n) is 3.14. The van der Waals surface area contributed by atoms with Crippen LogP contribution in [0.15, 0.2) is 77.7 Å². The van der Waals surface area contributed by atoms with Crippen molar-refractivity contribution in [3.63, 3.8) is 0 Å². The number of ether oxygens (including phenoxy) is 1. The van der Waals surface area contributed by atoms with E-state index < -0.39 is 15.9 Å². The van der Waals surface area contributed by atoms with Gasteiger partial charge in [0.1, 0.15) is 5.75 Å². The van der Waals surface area contributed by atoms with E-state index in [0.29, 0.717) is 17.0 Å². The van der Waals surface area contributed by atoms with Gasteiger partial charge in [0.25, 0.3) is 21.8 Å². The van der Waals surface area contributed by atoms with Crippen LogP contribution in [0.25, 0.3) is 0 Å². The minimum absolute atomic E-state index is 0.00455. The molecule has 0 bridgehead atoms. The van der Waals surface area contributed by atoms with Crippen molar-refractivity contribution in [3.05, 3.63) is 89.5 Å². The van der Waals surface area contributed by atoms with Crippen LogP contribution in [-0.2, 0) is 16.6 Å². The van der Waals surface area contributed by atoms with E-state index in [1.165, 1.54) is 32.4 Å². The Morgan fingerprint density at radius 3 is 2.18 bits per heavy atom. The molecular formula is C24H25N3O5S. The number of amides is 2. The first-order chi connectivity index (χ1) is 15.8. The number of nitrogens with one attached hydrogen (secondary N) is 2. The van der Waals surface area contributed by atoms with Gasteiger partial charge in [-0.2, -0.15) is 0 Å².